The fraction of sp³-hybridized carbons (Fsp3) is 0.0333. The van der Waals surface area contributed by atoms with Crippen molar-refractivity contribution in [2.75, 3.05) is 9.80 Å². The molecule has 0 saturated carbocycles. The summed E-state index contributed by atoms with van der Waals surface area (Å²) in [7, 11) is 0. The molecule has 0 unspecified atom stereocenters. The van der Waals surface area contributed by atoms with Crippen LogP contribution in [0.2, 0.25) is 0 Å². The van der Waals surface area contributed by atoms with Crippen molar-refractivity contribution in [2.45, 2.75) is 13.8 Å². The standard InChI is InChI=1S/C60H39F2N3S/c1-36-10-6-8-14-52(36)63(44-21-17-42(61)18-22-44)46-25-26-47-50-32-40-33-56-49(31-41(40)34-57(50)66-58(47)35-46)48-27-29-55(64(45-23-19-43(62)20-24-45)53-15-9-7-11-37(53)2)59-51-30-39(38-12-4-3-5-13-38)16-28-54(51)65(56)60(48)59/h3-35H,1-2H3. The van der Waals surface area contributed by atoms with Gasteiger partial charge >= 0.3 is 0 Å². The van der Waals surface area contributed by atoms with Crippen LogP contribution in [0.15, 0.2) is 200 Å². The largest absolute Gasteiger partial charge is 0.310 e. The van der Waals surface area contributed by atoms with Crippen LogP contribution in [-0.2, 0) is 0 Å². The number of fused-ring (bicyclic) bond motifs is 10. The van der Waals surface area contributed by atoms with E-state index in [2.05, 4.69) is 174 Å². The molecule has 13 rings (SSSR count). The number of anilines is 6. The molecule has 3 aromatic heterocycles. The number of rotatable bonds is 7. The average molecular weight is 872 g/mol. The number of hydrogen-bond acceptors (Lipinski definition) is 3. The van der Waals surface area contributed by atoms with Crippen molar-refractivity contribution in [3.05, 3.63) is 223 Å². The van der Waals surface area contributed by atoms with E-state index < -0.39 is 0 Å². The number of nitrogens with zero attached hydrogens (tertiary/aromatic N) is 3. The zero-order valence-corrected chi connectivity index (χ0v) is 36.9. The van der Waals surface area contributed by atoms with Crippen molar-refractivity contribution >= 4 is 115 Å². The molecule has 6 heteroatoms. The van der Waals surface area contributed by atoms with Crippen LogP contribution in [0, 0.1) is 25.5 Å². The molecule has 13 aromatic rings. The minimum atomic E-state index is -0.266. The van der Waals surface area contributed by atoms with Gasteiger partial charge in [0.1, 0.15) is 11.6 Å². The Morgan fingerprint density at radius 3 is 1.70 bits per heavy atom. The molecule has 0 N–H and O–H groups in total. The summed E-state index contributed by atoms with van der Waals surface area (Å²) in [5, 5.41) is 9.48. The summed E-state index contributed by atoms with van der Waals surface area (Å²) in [6, 6.07) is 68.4. The highest BCUT2D eigenvalue weighted by Crippen LogP contribution is 2.50. The van der Waals surface area contributed by atoms with Crippen molar-refractivity contribution < 1.29 is 8.78 Å². The van der Waals surface area contributed by atoms with E-state index in [1.807, 2.05) is 30.3 Å². The highest BCUT2D eigenvalue weighted by atomic mass is 32.1. The molecule has 0 aliphatic rings. The first-order chi connectivity index (χ1) is 32.4. The van der Waals surface area contributed by atoms with Crippen molar-refractivity contribution in [2.24, 2.45) is 0 Å². The molecule has 0 saturated heterocycles. The lowest BCUT2D eigenvalue weighted by Gasteiger charge is -2.28. The van der Waals surface area contributed by atoms with Gasteiger partial charge in [-0.1, -0.05) is 84.9 Å². The maximum Gasteiger partial charge on any atom is 0.123 e. The van der Waals surface area contributed by atoms with Crippen LogP contribution < -0.4 is 9.80 Å². The van der Waals surface area contributed by atoms with Crippen molar-refractivity contribution in [3.8, 4) is 11.1 Å². The second-order valence-electron chi connectivity index (χ2n) is 17.3. The first-order valence-electron chi connectivity index (χ1n) is 22.2. The lowest BCUT2D eigenvalue weighted by Crippen LogP contribution is -2.11. The van der Waals surface area contributed by atoms with Gasteiger partial charge in [0.15, 0.2) is 0 Å². The number of benzene rings is 10. The van der Waals surface area contributed by atoms with E-state index in [1.54, 1.807) is 23.5 Å². The summed E-state index contributed by atoms with van der Waals surface area (Å²) in [6.07, 6.45) is 0. The van der Waals surface area contributed by atoms with E-state index in [1.165, 1.54) is 53.8 Å². The number of hydrogen-bond donors (Lipinski definition) is 0. The topological polar surface area (TPSA) is 10.9 Å². The highest BCUT2D eigenvalue weighted by molar-refractivity contribution is 7.26. The second-order valence-corrected chi connectivity index (χ2v) is 18.4. The van der Waals surface area contributed by atoms with Gasteiger partial charge < -0.3 is 14.2 Å². The molecule has 66 heavy (non-hydrogen) atoms. The first-order valence-corrected chi connectivity index (χ1v) is 23.0. The van der Waals surface area contributed by atoms with E-state index in [-0.39, 0.29) is 11.6 Å². The van der Waals surface area contributed by atoms with Gasteiger partial charge in [0, 0.05) is 70.2 Å². The Kier molecular flexibility index (Phi) is 8.58. The predicted molar refractivity (Wildman–Crippen MR) is 276 cm³/mol. The molecule has 10 aromatic carbocycles. The summed E-state index contributed by atoms with van der Waals surface area (Å²) in [5.74, 6) is -0.522. The number of thiophene rings is 1. The third kappa shape index (κ3) is 5.92. The van der Waals surface area contributed by atoms with Crippen LogP contribution in [0.4, 0.5) is 42.9 Å². The zero-order chi connectivity index (χ0) is 44.2. The van der Waals surface area contributed by atoms with Crippen molar-refractivity contribution in [1.29, 1.82) is 0 Å². The van der Waals surface area contributed by atoms with Gasteiger partial charge in [-0.25, -0.2) is 8.78 Å². The molecule has 314 valence electrons. The Morgan fingerprint density at radius 1 is 0.394 bits per heavy atom. The second kappa shape index (κ2) is 14.7. The Morgan fingerprint density at radius 2 is 0.985 bits per heavy atom. The summed E-state index contributed by atoms with van der Waals surface area (Å²) >= 11 is 1.81. The summed E-state index contributed by atoms with van der Waals surface area (Å²) in [5.41, 5.74) is 14.0. The maximum absolute atomic E-state index is 14.5. The van der Waals surface area contributed by atoms with Crippen LogP contribution in [0.3, 0.4) is 0 Å². The minimum Gasteiger partial charge on any atom is -0.310 e. The molecule has 0 spiro atoms. The monoisotopic (exact) mass is 871 g/mol. The Balaban J connectivity index is 1.04. The van der Waals surface area contributed by atoms with Gasteiger partial charge in [-0.3, -0.25) is 0 Å². The van der Waals surface area contributed by atoms with Gasteiger partial charge in [0.25, 0.3) is 0 Å². The van der Waals surface area contributed by atoms with Crippen LogP contribution in [0.5, 0.6) is 0 Å². The van der Waals surface area contributed by atoms with E-state index in [4.69, 9.17) is 0 Å². The van der Waals surface area contributed by atoms with Crippen LogP contribution >= 0.6 is 11.3 Å². The maximum atomic E-state index is 14.5. The molecule has 0 aliphatic heterocycles. The van der Waals surface area contributed by atoms with Gasteiger partial charge in [0.05, 0.1) is 22.2 Å². The van der Waals surface area contributed by atoms with E-state index >= 15 is 0 Å². The number of para-hydroxylation sites is 2. The lowest BCUT2D eigenvalue weighted by atomic mass is 9.99. The summed E-state index contributed by atoms with van der Waals surface area (Å²) in [6.45, 7) is 4.25. The van der Waals surface area contributed by atoms with Crippen molar-refractivity contribution in [1.82, 2.24) is 4.40 Å². The summed E-state index contributed by atoms with van der Waals surface area (Å²) < 4.78 is 33.6. The van der Waals surface area contributed by atoms with Gasteiger partial charge in [-0.15, -0.1) is 11.3 Å². The number of aromatic nitrogens is 1. The van der Waals surface area contributed by atoms with E-state index in [9.17, 15) is 8.78 Å². The fourth-order valence-electron chi connectivity index (χ4n) is 10.3. The normalized spacial score (nSPS) is 11.9. The average Bonchev–Trinajstić information content (AvgIpc) is 3.99. The highest BCUT2D eigenvalue weighted by Gasteiger charge is 2.26. The Hall–Kier alpha value is -8.06. The zero-order valence-electron chi connectivity index (χ0n) is 36.1. The molecular weight excluding hydrogens is 833 g/mol. The smallest absolute Gasteiger partial charge is 0.123 e. The number of halogens is 2. The Labute approximate surface area is 383 Å². The van der Waals surface area contributed by atoms with Gasteiger partial charge in [-0.05, 0) is 162 Å². The van der Waals surface area contributed by atoms with Crippen LogP contribution in [0.25, 0.3) is 80.2 Å². The van der Waals surface area contributed by atoms with Gasteiger partial charge in [-0.2, -0.15) is 0 Å². The third-order valence-electron chi connectivity index (χ3n) is 13.4. The predicted octanol–water partition coefficient (Wildman–Crippen LogP) is 17.9. The minimum absolute atomic E-state index is 0.257. The SMILES string of the molecule is Cc1ccccc1N(c1ccc(F)cc1)c1ccc2c(c1)sc1cc3cc4c5ccc(N(c6ccc(F)cc6)c6ccccc6C)c6c7cc(-c8ccccc8)ccc7n(c4cc3cc12)c56. The quantitative estimate of drug-likeness (QED) is 0.158. The first kappa shape index (κ1) is 38.4. The fourth-order valence-corrected chi connectivity index (χ4v) is 11.5. The van der Waals surface area contributed by atoms with E-state index in [0.717, 1.165) is 83.7 Å². The molecule has 0 radical (unpaired) electrons. The molecule has 0 bridgehead atoms. The van der Waals surface area contributed by atoms with Crippen LogP contribution in [0.1, 0.15) is 11.1 Å². The molecule has 0 atom stereocenters. The summed E-state index contributed by atoms with van der Waals surface area (Å²) in [4.78, 5) is 4.50. The molecule has 3 nitrogen and oxygen atoms in total. The molecular formula is C60H39F2N3S. The molecule has 3 heterocycles. The molecule has 0 amide bonds. The van der Waals surface area contributed by atoms with Gasteiger partial charge in [0.2, 0.25) is 0 Å². The van der Waals surface area contributed by atoms with Crippen molar-refractivity contribution in [3.63, 3.8) is 0 Å². The van der Waals surface area contributed by atoms with Crippen LogP contribution in [-0.4, -0.2) is 4.40 Å². The van der Waals surface area contributed by atoms with E-state index in [0.29, 0.717) is 0 Å². The lowest BCUT2D eigenvalue weighted by molar-refractivity contribution is 0.627. The Bertz CT molecular complexity index is 4040. The molecule has 0 fully saturated rings. The molecule has 0 aliphatic carbocycles. The number of aryl methyl sites for hydroxylation is 2. The third-order valence-corrected chi connectivity index (χ3v) is 14.5.